The molecule has 1 atom stereocenters. The number of aliphatic carboxylic acids is 1. The van der Waals surface area contributed by atoms with Gasteiger partial charge in [-0.1, -0.05) is 6.92 Å². The van der Waals surface area contributed by atoms with Gasteiger partial charge in [0.15, 0.2) is 0 Å². The van der Waals surface area contributed by atoms with Crippen LogP contribution >= 0.6 is 0 Å². The van der Waals surface area contributed by atoms with Crippen molar-refractivity contribution in [3.8, 4) is 0 Å². The van der Waals surface area contributed by atoms with Gasteiger partial charge in [0.2, 0.25) is 0 Å². The number of nitrogens with zero attached hydrogens (tertiary/aromatic N) is 2. The van der Waals surface area contributed by atoms with Crippen molar-refractivity contribution in [2.24, 2.45) is 11.8 Å². The fourth-order valence-electron chi connectivity index (χ4n) is 3.18. The normalized spacial score (nSPS) is 26.8. The molecule has 7 heteroatoms. The Balaban J connectivity index is 1.94. The molecule has 2 heterocycles. The first-order valence-electron chi connectivity index (χ1n) is 7.86. The zero-order valence-electron chi connectivity index (χ0n) is 12.7. The lowest BCUT2D eigenvalue weighted by Gasteiger charge is -2.37. The Labute approximate surface area is 127 Å². The molecule has 0 aromatic heterocycles. The molecule has 0 aromatic rings. The van der Waals surface area contributed by atoms with Crippen LogP contribution in [0.1, 0.15) is 45.4 Å². The molecule has 2 aliphatic heterocycles. The van der Waals surface area contributed by atoms with E-state index in [0.29, 0.717) is 38.5 Å². The third kappa shape index (κ3) is 4.40. The van der Waals surface area contributed by atoms with Crippen LogP contribution in [0, 0.1) is 11.8 Å². The summed E-state index contributed by atoms with van der Waals surface area (Å²) in [5, 5.41) is 8.76. The van der Waals surface area contributed by atoms with Crippen LogP contribution in [0.3, 0.4) is 0 Å². The van der Waals surface area contributed by atoms with Crippen LogP contribution in [0.4, 0.5) is 0 Å². The highest BCUT2D eigenvalue weighted by Gasteiger charge is 2.35. The molecule has 6 nitrogen and oxygen atoms in total. The number of piperidine rings is 2. The maximum absolute atomic E-state index is 12.7. The van der Waals surface area contributed by atoms with Crippen LogP contribution in [0.2, 0.25) is 0 Å². The molecule has 0 bridgehead atoms. The molecule has 2 fully saturated rings. The van der Waals surface area contributed by atoms with E-state index in [1.165, 1.54) is 0 Å². The van der Waals surface area contributed by atoms with E-state index in [-0.39, 0.29) is 12.3 Å². The first-order valence-corrected chi connectivity index (χ1v) is 9.26. The summed E-state index contributed by atoms with van der Waals surface area (Å²) in [5.74, 6) is -0.0329. The number of carboxylic acid groups (broad SMARTS) is 1. The van der Waals surface area contributed by atoms with E-state index in [1.807, 2.05) is 0 Å². The zero-order chi connectivity index (χ0) is 15.5. The quantitative estimate of drug-likeness (QED) is 0.834. The second-order valence-electron chi connectivity index (χ2n) is 6.39. The molecule has 2 aliphatic rings. The highest BCUT2D eigenvalue weighted by Crippen LogP contribution is 2.26. The fraction of sp³-hybridized carbons (Fsp3) is 0.929. The van der Waals surface area contributed by atoms with Gasteiger partial charge < -0.3 is 5.11 Å². The summed E-state index contributed by atoms with van der Waals surface area (Å²) in [6.45, 7) is 4.42. The van der Waals surface area contributed by atoms with E-state index in [9.17, 15) is 13.2 Å². The topological polar surface area (TPSA) is 77.9 Å². The molecule has 1 N–H and O–H groups in total. The van der Waals surface area contributed by atoms with Gasteiger partial charge in [-0.2, -0.15) is 17.0 Å². The van der Waals surface area contributed by atoms with Crippen LogP contribution in [0.5, 0.6) is 0 Å². The molecule has 0 spiro atoms. The molecule has 1 unspecified atom stereocenters. The van der Waals surface area contributed by atoms with Crippen LogP contribution in [0.15, 0.2) is 0 Å². The van der Waals surface area contributed by atoms with Crippen molar-refractivity contribution in [2.75, 3.05) is 26.2 Å². The van der Waals surface area contributed by atoms with E-state index in [4.69, 9.17) is 5.11 Å². The summed E-state index contributed by atoms with van der Waals surface area (Å²) < 4.78 is 28.5. The average Bonchev–Trinajstić information content (AvgIpc) is 2.46. The lowest BCUT2D eigenvalue weighted by Crippen LogP contribution is -2.50. The molecule has 2 rings (SSSR count). The third-order valence-corrected chi connectivity index (χ3v) is 6.65. The average molecular weight is 318 g/mol. The van der Waals surface area contributed by atoms with Crippen molar-refractivity contribution >= 4 is 16.2 Å². The first-order chi connectivity index (χ1) is 9.89. The van der Waals surface area contributed by atoms with Crippen LogP contribution < -0.4 is 0 Å². The molecular formula is C14H26N2O4S. The largest absolute Gasteiger partial charge is 0.481 e. The molecule has 0 aromatic carbocycles. The second-order valence-corrected chi connectivity index (χ2v) is 8.32. The summed E-state index contributed by atoms with van der Waals surface area (Å²) in [7, 11) is -3.36. The summed E-state index contributed by atoms with van der Waals surface area (Å²) in [5.41, 5.74) is 0. The lowest BCUT2D eigenvalue weighted by atomic mass is 9.95. The highest BCUT2D eigenvalue weighted by molar-refractivity contribution is 7.86. The molecule has 0 aliphatic carbocycles. The van der Waals surface area contributed by atoms with Gasteiger partial charge in [-0.25, -0.2) is 0 Å². The Morgan fingerprint density at radius 2 is 1.81 bits per heavy atom. The maximum Gasteiger partial charge on any atom is 0.303 e. The van der Waals surface area contributed by atoms with Crippen LogP contribution in [-0.4, -0.2) is 54.3 Å². The van der Waals surface area contributed by atoms with E-state index < -0.39 is 16.2 Å². The van der Waals surface area contributed by atoms with E-state index >= 15 is 0 Å². The number of rotatable bonds is 5. The minimum atomic E-state index is -3.36. The van der Waals surface area contributed by atoms with Crippen LogP contribution in [-0.2, 0) is 15.0 Å². The number of carbonyl (C=O) groups is 1. The van der Waals surface area contributed by atoms with Gasteiger partial charge >= 0.3 is 5.97 Å². The molecule has 2 saturated heterocycles. The SMILES string of the molecule is CC1CCN(S(=O)(=O)N2CCCC(CCC(=O)O)C2)CC1. The van der Waals surface area contributed by atoms with Crippen molar-refractivity contribution in [2.45, 2.75) is 45.4 Å². The predicted octanol–water partition coefficient (Wildman–Crippen LogP) is 1.54. The van der Waals surface area contributed by atoms with Crippen LogP contribution in [0.25, 0.3) is 0 Å². The Bertz CT molecular complexity index is 458. The lowest BCUT2D eigenvalue weighted by molar-refractivity contribution is -0.137. The van der Waals surface area contributed by atoms with Gasteiger partial charge in [0.25, 0.3) is 10.2 Å². The Morgan fingerprint density at radius 3 is 2.43 bits per heavy atom. The van der Waals surface area contributed by atoms with Gasteiger partial charge in [0.05, 0.1) is 0 Å². The first kappa shape index (κ1) is 16.7. The summed E-state index contributed by atoms with van der Waals surface area (Å²) >= 11 is 0. The standard InChI is InChI=1S/C14H26N2O4S/c1-12-6-9-15(10-7-12)21(19,20)16-8-2-3-13(11-16)4-5-14(17)18/h12-13H,2-11H2,1H3,(H,17,18). The summed E-state index contributed by atoms with van der Waals surface area (Å²) in [6.07, 6.45) is 4.30. The molecule has 0 radical (unpaired) electrons. The number of hydrogen-bond acceptors (Lipinski definition) is 3. The van der Waals surface area contributed by atoms with E-state index in [1.54, 1.807) is 8.61 Å². The summed E-state index contributed by atoms with van der Waals surface area (Å²) in [4.78, 5) is 10.7. The minimum absolute atomic E-state index is 0.125. The maximum atomic E-state index is 12.7. The smallest absolute Gasteiger partial charge is 0.303 e. The van der Waals surface area contributed by atoms with Gasteiger partial charge in [-0.15, -0.1) is 0 Å². The number of carboxylic acids is 1. The molecule has 0 saturated carbocycles. The molecule has 21 heavy (non-hydrogen) atoms. The Hall–Kier alpha value is -0.660. The van der Waals surface area contributed by atoms with E-state index in [0.717, 1.165) is 25.7 Å². The van der Waals surface area contributed by atoms with Crippen molar-refractivity contribution in [3.63, 3.8) is 0 Å². The van der Waals surface area contributed by atoms with Crippen molar-refractivity contribution in [1.82, 2.24) is 8.61 Å². The van der Waals surface area contributed by atoms with Crippen molar-refractivity contribution in [3.05, 3.63) is 0 Å². The monoisotopic (exact) mass is 318 g/mol. The zero-order valence-corrected chi connectivity index (χ0v) is 13.5. The molecule has 0 amide bonds. The van der Waals surface area contributed by atoms with Crippen molar-refractivity contribution < 1.29 is 18.3 Å². The highest BCUT2D eigenvalue weighted by atomic mass is 32.2. The Morgan fingerprint density at radius 1 is 1.14 bits per heavy atom. The molecule has 122 valence electrons. The van der Waals surface area contributed by atoms with E-state index in [2.05, 4.69) is 6.92 Å². The summed E-state index contributed by atoms with van der Waals surface area (Å²) in [6, 6.07) is 0. The third-order valence-electron chi connectivity index (χ3n) is 4.64. The van der Waals surface area contributed by atoms with Gasteiger partial charge in [0.1, 0.15) is 0 Å². The van der Waals surface area contributed by atoms with Gasteiger partial charge in [-0.3, -0.25) is 4.79 Å². The Kier molecular flexibility index (Phi) is 5.62. The second kappa shape index (κ2) is 7.07. The van der Waals surface area contributed by atoms with Gasteiger partial charge in [0, 0.05) is 32.6 Å². The van der Waals surface area contributed by atoms with Crippen molar-refractivity contribution in [1.29, 1.82) is 0 Å². The predicted molar refractivity (Wildman–Crippen MR) is 80.1 cm³/mol. The van der Waals surface area contributed by atoms with Gasteiger partial charge in [-0.05, 0) is 43.9 Å². The fourth-order valence-corrected chi connectivity index (χ4v) is 4.94. The number of hydrogen-bond donors (Lipinski definition) is 1. The molecular weight excluding hydrogens is 292 g/mol. The minimum Gasteiger partial charge on any atom is -0.481 e.